The number of pyridine rings is 1. The van der Waals surface area contributed by atoms with Gasteiger partial charge in [-0.2, -0.15) is 0 Å². The summed E-state index contributed by atoms with van der Waals surface area (Å²) in [5, 5.41) is 7.31. The van der Waals surface area contributed by atoms with Crippen LogP contribution in [-0.4, -0.2) is 62.2 Å². The molecule has 25 heavy (non-hydrogen) atoms. The number of rotatable bonds is 6. The first-order valence-corrected chi connectivity index (χ1v) is 8.84. The van der Waals surface area contributed by atoms with Gasteiger partial charge in [0.2, 0.25) is 0 Å². The van der Waals surface area contributed by atoms with Crippen LogP contribution in [-0.2, 0) is 0 Å². The molecule has 1 aromatic heterocycles. The van der Waals surface area contributed by atoms with E-state index in [1.54, 1.807) is 7.11 Å². The van der Waals surface area contributed by atoms with E-state index in [-0.39, 0.29) is 5.91 Å². The van der Waals surface area contributed by atoms with E-state index in [1.165, 1.54) is 0 Å². The van der Waals surface area contributed by atoms with Gasteiger partial charge in [0.05, 0.1) is 23.9 Å². The molecule has 2 N–H and O–H groups in total. The summed E-state index contributed by atoms with van der Waals surface area (Å²) in [7, 11) is 1.64. The van der Waals surface area contributed by atoms with Gasteiger partial charge >= 0.3 is 0 Å². The Morgan fingerprint density at radius 3 is 2.88 bits per heavy atom. The number of nitrogens with zero attached hydrogens (tertiary/aromatic N) is 2. The van der Waals surface area contributed by atoms with Crippen molar-refractivity contribution < 1.29 is 9.53 Å². The number of benzene rings is 1. The molecule has 0 bridgehead atoms. The fourth-order valence-electron chi connectivity index (χ4n) is 3.13. The first kappa shape index (κ1) is 17.6. The highest BCUT2D eigenvalue weighted by Crippen LogP contribution is 2.21. The van der Waals surface area contributed by atoms with Gasteiger partial charge in [0.15, 0.2) is 0 Å². The molecular formula is C19H26N4O2. The highest BCUT2D eigenvalue weighted by Gasteiger charge is 2.13. The normalized spacial score (nSPS) is 15.3. The summed E-state index contributed by atoms with van der Waals surface area (Å²) in [6, 6.07) is 7.61. The number of piperazine rings is 1. The van der Waals surface area contributed by atoms with Crippen LogP contribution in [0.25, 0.3) is 10.9 Å². The first-order valence-electron chi connectivity index (χ1n) is 8.84. The number of nitrogens with one attached hydrogen (secondary N) is 2. The number of aromatic nitrogens is 1. The molecule has 3 rings (SSSR count). The molecule has 2 heterocycles. The molecule has 1 amide bonds. The number of methoxy groups -OCH3 is 1. The molecule has 134 valence electrons. The summed E-state index contributed by atoms with van der Waals surface area (Å²) in [6.07, 6.45) is 0.961. The molecule has 0 spiro atoms. The molecule has 6 nitrogen and oxygen atoms in total. The lowest BCUT2D eigenvalue weighted by Gasteiger charge is -2.27. The van der Waals surface area contributed by atoms with Crippen molar-refractivity contribution in [2.24, 2.45) is 0 Å². The number of ether oxygens (including phenoxy) is 1. The van der Waals surface area contributed by atoms with Crippen molar-refractivity contribution in [2.75, 3.05) is 46.4 Å². The fourth-order valence-corrected chi connectivity index (χ4v) is 3.13. The van der Waals surface area contributed by atoms with E-state index in [0.717, 1.165) is 61.5 Å². The zero-order valence-corrected chi connectivity index (χ0v) is 15.0. The Bertz CT molecular complexity index is 742. The molecule has 0 saturated carbocycles. The van der Waals surface area contributed by atoms with E-state index in [4.69, 9.17) is 4.74 Å². The van der Waals surface area contributed by atoms with E-state index in [0.29, 0.717) is 12.1 Å². The summed E-state index contributed by atoms with van der Waals surface area (Å²) in [6.45, 7) is 7.86. The van der Waals surface area contributed by atoms with Crippen molar-refractivity contribution in [1.82, 2.24) is 20.5 Å². The van der Waals surface area contributed by atoms with E-state index in [1.807, 2.05) is 31.2 Å². The molecule has 1 aliphatic rings. The third kappa shape index (κ3) is 4.46. The molecule has 6 heteroatoms. The number of carbonyl (C=O) groups excluding carboxylic acids is 1. The van der Waals surface area contributed by atoms with Crippen molar-refractivity contribution in [1.29, 1.82) is 0 Å². The smallest absolute Gasteiger partial charge is 0.253 e. The van der Waals surface area contributed by atoms with Crippen LogP contribution in [0.1, 0.15) is 22.5 Å². The molecular weight excluding hydrogens is 316 g/mol. The molecule has 0 aliphatic carbocycles. The molecule has 1 aliphatic heterocycles. The Morgan fingerprint density at radius 1 is 1.32 bits per heavy atom. The largest absolute Gasteiger partial charge is 0.497 e. The van der Waals surface area contributed by atoms with Crippen molar-refractivity contribution in [2.45, 2.75) is 13.3 Å². The number of hydrogen-bond acceptors (Lipinski definition) is 5. The van der Waals surface area contributed by atoms with Crippen LogP contribution in [0.5, 0.6) is 5.75 Å². The predicted octanol–water partition coefficient (Wildman–Crippen LogP) is 1.58. The second-order valence-electron chi connectivity index (χ2n) is 6.38. The highest BCUT2D eigenvalue weighted by molar-refractivity contribution is 5.98. The predicted molar refractivity (Wildman–Crippen MR) is 99.3 cm³/mol. The van der Waals surface area contributed by atoms with Crippen molar-refractivity contribution in [3.8, 4) is 5.75 Å². The number of aryl methyl sites for hydroxylation is 1. The number of carbonyl (C=O) groups is 1. The van der Waals surface area contributed by atoms with E-state index >= 15 is 0 Å². The number of hydrogen-bond donors (Lipinski definition) is 2. The van der Waals surface area contributed by atoms with Crippen molar-refractivity contribution in [3.63, 3.8) is 0 Å². The Hall–Kier alpha value is -2.18. The number of amides is 1. The Morgan fingerprint density at radius 2 is 2.12 bits per heavy atom. The molecule has 0 unspecified atom stereocenters. The minimum Gasteiger partial charge on any atom is -0.497 e. The quantitative estimate of drug-likeness (QED) is 0.780. The lowest BCUT2D eigenvalue weighted by molar-refractivity contribution is 0.0950. The molecule has 0 atom stereocenters. The monoisotopic (exact) mass is 342 g/mol. The summed E-state index contributed by atoms with van der Waals surface area (Å²) in [5.41, 5.74) is 2.22. The van der Waals surface area contributed by atoms with E-state index in [9.17, 15) is 4.79 Å². The Labute approximate surface area is 148 Å². The van der Waals surface area contributed by atoms with Gasteiger partial charge < -0.3 is 20.3 Å². The van der Waals surface area contributed by atoms with Crippen LogP contribution in [0.2, 0.25) is 0 Å². The summed E-state index contributed by atoms with van der Waals surface area (Å²) >= 11 is 0. The third-order valence-corrected chi connectivity index (χ3v) is 4.61. The SMILES string of the molecule is COc1ccc2cc(C(=O)NCCCN3CCNCC3)c(C)nc2c1. The van der Waals surface area contributed by atoms with E-state index < -0.39 is 0 Å². The second kappa shape index (κ2) is 8.27. The summed E-state index contributed by atoms with van der Waals surface area (Å²) in [5.74, 6) is 0.715. The maximum absolute atomic E-state index is 12.5. The van der Waals surface area contributed by atoms with Crippen molar-refractivity contribution in [3.05, 3.63) is 35.5 Å². The highest BCUT2D eigenvalue weighted by atomic mass is 16.5. The minimum atomic E-state index is -0.0528. The summed E-state index contributed by atoms with van der Waals surface area (Å²) in [4.78, 5) is 19.5. The average Bonchev–Trinajstić information content (AvgIpc) is 2.64. The maximum atomic E-state index is 12.5. The van der Waals surface area contributed by atoms with Gasteiger partial charge in [0, 0.05) is 44.2 Å². The summed E-state index contributed by atoms with van der Waals surface area (Å²) < 4.78 is 5.23. The van der Waals surface area contributed by atoms with Crippen LogP contribution in [0.4, 0.5) is 0 Å². The van der Waals surface area contributed by atoms with Crippen molar-refractivity contribution >= 4 is 16.8 Å². The number of fused-ring (bicyclic) bond motifs is 1. The Balaban J connectivity index is 1.58. The van der Waals surface area contributed by atoms with Gasteiger partial charge in [-0.3, -0.25) is 9.78 Å². The zero-order valence-electron chi connectivity index (χ0n) is 15.0. The van der Waals surface area contributed by atoms with Gasteiger partial charge in [-0.05, 0) is 38.1 Å². The molecule has 1 aromatic carbocycles. The fraction of sp³-hybridized carbons (Fsp3) is 0.474. The van der Waals surface area contributed by atoms with Gasteiger partial charge in [-0.25, -0.2) is 0 Å². The maximum Gasteiger partial charge on any atom is 0.253 e. The molecule has 2 aromatic rings. The van der Waals surface area contributed by atoms with Crippen LogP contribution in [0, 0.1) is 6.92 Å². The van der Waals surface area contributed by atoms with Gasteiger partial charge in [0.25, 0.3) is 5.91 Å². The average molecular weight is 342 g/mol. The zero-order chi connectivity index (χ0) is 17.6. The standard InChI is InChI=1S/C19H26N4O2/c1-14-17(12-15-4-5-16(25-2)13-18(15)22-14)19(24)21-6-3-9-23-10-7-20-8-11-23/h4-5,12-13,20H,3,6-11H2,1-2H3,(H,21,24). The van der Waals surface area contributed by atoms with E-state index in [2.05, 4.69) is 20.5 Å². The van der Waals surface area contributed by atoms with Crippen LogP contribution in [0.15, 0.2) is 24.3 Å². The topological polar surface area (TPSA) is 66.5 Å². The molecule has 1 saturated heterocycles. The lowest BCUT2D eigenvalue weighted by Crippen LogP contribution is -2.44. The van der Waals surface area contributed by atoms with Gasteiger partial charge in [0.1, 0.15) is 5.75 Å². The third-order valence-electron chi connectivity index (χ3n) is 4.61. The molecule has 0 radical (unpaired) electrons. The Kier molecular flexibility index (Phi) is 5.83. The second-order valence-corrected chi connectivity index (χ2v) is 6.38. The van der Waals surface area contributed by atoms with Gasteiger partial charge in [-0.15, -0.1) is 0 Å². The van der Waals surface area contributed by atoms with Crippen LogP contribution >= 0.6 is 0 Å². The van der Waals surface area contributed by atoms with Crippen LogP contribution in [0.3, 0.4) is 0 Å². The minimum absolute atomic E-state index is 0.0528. The van der Waals surface area contributed by atoms with Gasteiger partial charge in [-0.1, -0.05) is 0 Å². The first-order chi connectivity index (χ1) is 12.2. The molecule has 1 fully saturated rings. The lowest BCUT2D eigenvalue weighted by atomic mass is 10.1. The van der Waals surface area contributed by atoms with Crippen LogP contribution < -0.4 is 15.4 Å².